The Morgan fingerprint density at radius 1 is 1.18 bits per heavy atom. The molecule has 2 rings (SSSR count). The fraction of sp³-hybridized carbons (Fsp3) is 0.417. The molecule has 0 fully saturated rings. The van der Waals surface area contributed by atoms with Crippen LogP contribution in [0.25, 0.3) is 11.4 Å². The molecule has 0 atom stereocenters. The topological polar surface area (TPSA) is 69.6 Å². The molecule has 0 radical (unpaired) electrons. The van der Waals surface area contributed by atoms with E-state index in [-0.39, 0.29) is 5.41 Å². The molecule has 1 aromatic carbocycles. The van der Waals surface area contributed by atoms with Crippen molar-refractivity contribution in [1.29, 1.82) is 0 Å². The fourth-order valence-corrected chi connectivity index (χ4v) is 1.60. The van der Waals surface area contributed by atoms with Crippen molar-refractivity contribution < 1.29 is 0 Å². The lowest BCUT2D eigenvalue weighted by atomic mass is 9.97. The molecule has 5 heteroatoms. The molecule has 17 heavy (non-hydrogen) atoms. The van der Waals surface area contributed by atoms with Crippen LogP contribution in [-0.4, -0.2) is 20.2 Å². The Labute approximate surface area is 101 Å². The molecule has 2 N–H and O–H groups in total. The second-order valence-electron chi connectivity index (χ2n) is 5.34. The van der Waals surface area contributed by atoms with E-state index < -0.39 is 0 Å². The van der Waals surface area contributed by atoms with Gasteiger partial charge in [0, 0.05) is 17.8 Å². The Morgan fingerprint density at radius 2 is 1.82 bits per heavy atom. The van der Waals surface area contributed by atoms with E-state index >= 15 is 0 Å². The summed E-state index contributed by atoms with van der Waals surface area (Å²) in [6.45, 7) is 7.24. The van der Waals surface area contributed by atoms with E-state index in [9.17, 15) is 0 Å². The molecule has 0 aliphatic rings. The van der Waals surface area contributed by atoms with Gasteiger partial charge in [-0.15, -0.1) is 5.10 Å². The van der Waals surface area contributed by atoms with Crippen molar-refractivity contribution in [3.63, 3.8) is 0 Å². The Balaban J connectivity index is 2.33. The number of benzene rings is 1. The first-order chi connectivity index (χ1) is 7.96. The van der Waals surface area contributed by atoms with E-state index in [4.69, 9.17) is 5.73 Å². The predicted molar refractivity (Wildman–Crippen MR) is 67.1 cm³/mol. The number of rotatable bonds is 2. The number of nitrogens with zero attached hydrogens (tertiary/aromatic N) is 4. The van der Waals surface area contributed by atoms with Crippen LogP contribution in [0.1, 0.15) is 20.8 Å². The Hall–Kier alpha value is -1.91. The number of anilines is 1. The average molecular weight is 231 g/mol. The lowest BCUT2D eigenvalue weighted by molar-refractivity contribution is 0.323. The molecule has 1 aromatic heterocycles. The average Bonchev–Trinajstić information content (AvgIpc) is 2.64. The highest BCUT2D eigenvalue weighted by atomic mass is 15.5. The van der Waals surface area contributed by atoms with Gasteiger partial charge in [-0.05, 0) is 40.1 Å². The highest BCUT2D eigenvalue weighted by Crippen LogP contribution is 2.21. The van der Waals surface area contributed by atoms with Crippen molar-refractivity contribution >= 4 is 5.69 Å². The molecular weight excluding hydrogens is 214 g/mol. The summed E-state index contributed by atoms with van der Waals surface area (Å²) in [4.78, 5) is 0. The molecule has 1 heterocycles. The Kier molecular flexibility index (Phi) is 2.83. The fourth-order valence-electron chi connectivity index (χ4n) is 1.60. The summed E-state index contributed by atoms with van der Waals surface area (Å²) >= 11 is 0. The lowest BCUT2D eigenvalue weighted by Gasteiger charge is -2.18. The number of nitrogen functional groups attached to an aromatic ring is 1. The monoisotopic (exact) mass is 231 g/mol. The molecule has 0 aliphatic carbocycles. The molecular formula is C12H17N5. The summed E-state index contributed by atoms with van der Waals surface area (Å²) in [5.41, 5.74) is 7.52. The van der Waals surface area contributed by atoms with E-state index in [1.54, 1.807) is 0 Å². The Morgan fingerprint density at radius 3 is 2.41 bits per heavy atom. The maximum absolute atomic E-state index is 5.66. The number of aromatic nitrogens is 4. The van der Waals surface area contributed by atoms with Crippen LogP contribution in [0.5, 0.6) is 0 Å². The summed E-state index contributed by atoms with van der Waals surface area (Å²) in [6, 6.07) is 7.57. The van der Waals surface area contributed by atoms with Gasteiger partial charge in [-0.3, -0.25) is 0 Å². The molecule has 0 bridgehead atoms. The summed E-state index contributed by atoms with van der Waals surface area (Å²) in [6.07, 6.45) is 0. The van der Waals surface area contributed by atoms with Gasteiger partial charge in [-0.25, -0.2) is 4.68 Å². The molecule has 0 aliphatic heterocycles. The largest absolute Gasteiger partial charge is 0.399 e. The minimum atomic E-state index is 0.137. The van der Waals surface area contributed by atoms with Crippen LogP contribution in [-0.2, 0) is 6.54 Å². The molecule has 5 nitrogen and oxygen atoms in total. The maximum atomic E-state index is 5.66. The molecule has 0 saturated carbocycles. The van der Waals surface area contributed by atoms with Crippen LogP contribution in [0.15, 0.2) is 24.3 Å². The van der Waals surface area contributed by atoms with E-state index in [1.165, 1.54) is 0 Å². The van der Waals surface area contributed by atoms with Gasteiger partial charge in [0.05, 0.1) is 0 Å². The predicted octanol–water partition coefficient (Wildman–Crippen LogP) is 1.97. The third-order valence-electron chi connectivity index (χ3n) is 2.32. The highest BCUT2D eigenvalue weighted by molar-refractivity contribution is 5.58. The highest BCUT2D eigenvalue weighted by Gasteiger charge is 2.16. The van der Waals surface area contributed by atoms with Crippen LogP contribution in [0.3, 0.4) is 0 Å². The zero-order chi connectivity index (χ0) is 12.5. The SMILES string of the molecule is CC(C)(C)Cn1nnnc1-c1ccc(N)cc1. The van der Waals surface area contributed by atoms with Crippen molar-refractivity contribution in [3.05, 3.63) is 24.3 Å². The minimum absolute atomic E-state index is 0.137. The van der Waals surface area contributed by atoms with Gasteiger partial charge in [0.15, 0.2) is 5.82 Å². The normalized spacial score (nSPS) is 11.7. The summed E-state index contributed by atoms with van der Waals surface area (Å²) < 4.78 is 1.82. The van der Waals surface area contributed by atoms with Crippen LogP contribution in [0, 0.1) is 5.41 Å². The first-order valence-corrected chi connectivity index (χ1v) is 5.58. The number of tetrazole rings is 1. The van der Waals surface area contributed by atoms with Crippen molar-refractivity contribution in [2.24, 2.45) is 5.41 Å². The molecule has 0 unspecified atom stereocenters. The molecule has 90 valence electrons. The van der Waals surface area contributed by atoms with Gasteiger partial charge in [-0.2, -0.15) is 0 Å². The van der Waals surface area contributed by atoms with E-state index in [1.807, 2.05) is 28.9 Å². The number of hydrogen-bond donors (Lipinski definition) is 1. The van der Waals surface area contributed by atoms with Crippen molar-refractivity contribution in [3.8, 4) is 11.4 Å². The van der Waals surface area contributed by atoms with Gasteiger partial charge in [-0.1, -0.05) is 20.8 Å². The zero-order valence-electron chi connectivity index (χ0n) is 10.4. The van der Waals surface area contributed by atoms with Crippen molar-refractivity contribution in [2.75, 3.05) is 5.73 Å². The minimum Gasteiger partial charge on any atom is -0.399 e. The number of hydrogen-bond acceptors (Lipinski definition) is 4. The van der Waals surface area contributed by atoms with Crippen molar-refractivity contribution in [1.82, 2.24) is 20.2 Å². The molecule has 0 saturated heterocycles. The van der Waals surface area contributed by atoms with E-state index in [0.717, 1.165) is 23.6 Å². The quantitative estimate of drug-likeness (QED) is 0.802. The summed E-state index contributed by atoms with van der Waals surface area (Å²) in [5, 5.41) is 11.8. The summed E-state index contributed by atoms with van der Waals surface area (Å²) in [5.74, 6) is 0.778. The van der Waals surface area contributed by atoms with Crippen LogP contribution >= 0.6 is 0 Å². The molecule has 0 amide bonds. The van der Waals surface area contributed by atoms with Gasteiger partial charge >= 0.3 is 0 Å². The standard InChI is InChI=1S/C12H17N5/c1-12(2,3)8-17-11(14-15-16-17)9-4-6-10(13)7-5-9/h4-7H,8,13H2,1-3H3. The van der Waals surface area contributed by atoms with Gasteiger partial charge in [0.25, 0.3) is 0 Å². The third kappa shape index (κ3) is 2.81. The van der Waals surface area contributed by atoms with Crippen LogP contribution in [0.2, 0.25) is 0 Å². The molecule has 0 spiro atoms. The summed E-state index contributed by atoms with van der Waals surface area (Å²) in [7, 11) is 0. The second kappa shape index (κ2) is 4.16. The first-order valence-electron chi connectivity index (χ1n) is 5.58. The van der Waals surface area contributed by atoms with Gasteiger partial charge in [0.2, 0.25) is 0 Å². The zero-order valence-corrected chi connectivity index (χ0v) is 10.4. The smallest absolute Gasteiger partial charge is 0.182 e. The van der Waals surface area contributed by atoms with Gasteiger partial charge in [0.1, 0.15) is 0 Å². The van der Waals surface area contributed by atoms with Crippen LogP contribution in [0.4, 0.5) is 5.69 Å². The second-order valence-corrected chi connectivity index (χ2v) is 5.34. The Bertz CT molecular complexity index is 492. The van der Waals surface area contributed by atoms with E-state index in [0.29, 0.717) is 0 Å². The maximum Gasteiger partial charge on any atom is 0.182 e. The third-order valence-corrected chi connectivity index (χ3v) is 2.32. The van der Waals surface area contributed by atoms with Crippen LogP contribution < -0.4 is 5.73 Å². The lowest BCUT2D eigenvalue weighted by Crippen LogP contribution is -2.17. The molecule has 2 aromatic rings. The van der Waals surface area contributed by atoms with Gasteiger partial charge < -0.3 is 5.73 Å². The number of nitrogens with two attached hydrogens (primary N) is 1. The van der Waals surface area contributed by atoms with Crippen molar-refractivity contribution in [2.45, 2.75) is 27.3 Å². The van der Waals surface area contributed by atoms with E-state index in [2.05, 4.69) is 36.3 Å². The first kappa shape index (κ1) is 11.6.